The Balaban J connectivity index is 1.43. The number of hydrogen-bond acceptors (Lipinski definition) is 5. The van der Waals surface area contributed by atoms with Gasteiger partial charge in [0, 0.05) is 19.8 Å². The molecule has 0 N–H and O–H groups in total. The van der Waals surface area contributed by atoms with Gasteiger partial charge >= 0.3 is 0 Å². The van der Waals surface area contributed by atoms with Crippen molar-refractivity contribution in [3.8, 4) is 0 Å². The first kappa shape index (κ1) is 16.5. The molecule has 2 fully saturated rings. The van der Waals surface area contributed by atoms with E-state index in [1.807, 2.05) is 24.0 Å². The average molecular weight is 323 g/mol. The Bertz CT molecular complexity index is 509. The van der Waals surface area contributed by atoms with Crippen LogP contribution >= 0.6 is 0 Å². The molecule has 0 aliphatic carbocycles. The maximum Gasteiger partial charge on any atom is 0.225 e. The number of hydrogen-bond donors (Lipinski definition) is 0. The third-order valence-corrected chi connectivity index (χ3v) is 4.34. The standard InChI is InChI=1S/C17H25NO5/c1-13-2-3-15(23-13)16-12-18(7-11-22-16)17(19)6-10-21-14-4-8-20-9-5-14/h2-3,14,16H,4-12H2,1H3. The monoisotopic (exact) mass is 323 g/mol. The van der Waals surface area contributed by atoms with Crippen molar-refractivity contribution in [1.82, 2.24) is 4.90 Å². The molecule has 0 bridgehead atoms. The molecule has 3 rings (SSSR count). The van der Waals surface area contributed by atoms with Crippen molar-refractivity contribution in [2.75, 3.05) is 39.5 Å². The number of morpholine rings is 1. The molecular formula is C17H25NO5. The van der Waals surface area contributed by atoms with E-state index in [9.17, 15) is 4.79 Å². The maximum atomic E-state index is 12.4. The highest BCUT2D eigenvalue weighted by molar-refractivity contribution is 5.76. The summed E-state index contributed by atoms with van der Waals surface area (Å²) in [4.78, 5) is 14.2. The SMILES string of the molecule is Cc1ccc(C2CN(C(=O)CCOC3CCOCC3)CCO2)o1. The second kappa shape index (κ2) is 7.95. The molecule has 3 heterocycles. The van der Waals surface area contributed by atoms with Gasteiger partial charge in [0.2, 0.25) is 5.91 Å². The molecular weight excluding hydrogens is 298 g/mol. The molecule has 0 aromatic carbocycles. The summed E-state index contributed by atoms with van der Waals surface area (Å²) in [6.45, 7) is 5.61. The Morgan fingerprint density at radius 1 is 1.30 bits per heavy atom. The van der Waals surface area contributed by atoms with Crippen molar-refractivity contribution >= 4 is 5.91 Å². The Kier molecular flexibility index (Phi) is 5.70. The van der Waals surface area contributed by atoms with E-state index in [1.165, 1.54) is 0 Å². The summed E-state index contributed by atoms with van der Waals surface area (Å²) in [7, 11) is 0. The van der Waals surface area contributed by atoms with E-state index < -0.39 is 0 Å². The van der Waals surface area contributed by atoms with E-state index in [0.29, 0.717) is 32.7 Å². The summed E-state index contributed by atoms with van der Waals surface area (Å²) in [5, 5.41) is 0. The van der Waals surface area contributed by atoms with Gasteiger partial charge in [-0.25, -0.2) is 0 Å². The maximum absolute atomic E-state index is 12.4. The molecule has 1 amide bonds. The van der Waals surface area contributed by atoms with Gasteiger partial charge in [-0.3, -0.25) is 4.79 Å². The van der Waals surface area contributed by atoms with Crippen LogP contribution in [0.1, 0.15) is 36.9 Å². The minimum atomic E-state index is -0.169. The van der Waals surface area contributed by atoms with Gasteiger partial charge in [0.25, 0.3) is 0 Å². The van der Waals surface area contributed by atoms with Crippen molar-refractivity contribution < 1.29 is 23.4 Å². The van der Waals surface area contributed by atoms with Crippen LogP contribution in [0.3, 0.4) is 0 Å². The Labute approximate surface area is 136 Å². The van der Waals surface area contributed by atoms with E-state index in [0.717, 1.165) is 37.6 Å². The fourth-order valence-corrected chi connectivity index (χ4v) is 2.99. The predicted octanol–water partition coefficient (Wildman–Crippen LogP) is 2.07. The molecule has 0 spiro atoms. The molecule has 6 nitrogen and oxygen atoms in total. The number of nitrogens with zero attached hydrogens (tertiary/aromatic N) is 1. The Morgan fingerprint density at radius 3 is 2.87 bits per heavy atom. The Morgan fingerprint density at radius 2 is 2.13 bits per heavy atom. The molecule has 2 aliphatic heterocycles. The second-order valence-corrected chi connectivity index (χ2v) is 6.08. The van der Waals surface area contributed by atoms with Gasteiger partial charge < -0.3 is 23.5 Å². The second-order valence-electron chi connectivity index (χ2n) is 6.08. The topological polar surface area (TPSA) is 61.1 Å². The molecule has 1 aromatic rings. The minimum Gasteiger partial charge on any atom is -0.464 e. The molecule has 6 heteroatoms. The lowest BCUT2D eigenvalue weighted by Crippen LogP contribution is -2.42. The molecule has 1 atom stereocenters. The lowest BCUT2D eigenvalue weighted by atomic mass is 10.1. The van der Waals surface area contributed by atoms with Crippen molar-refractivity contribution in [3.05, 3.63) is 23.7 Å². The first-order valence-electron chi connectivity index (χ1n) is 8.37. The summed E-state index contributed by atoms with van der Waals surface area (Å²) in [6, 6.07) is 3.84. The molecule has 1 unspecified atom stereocenters. The van der Waals surface area contributed by atoms with Crippen LogP contribution in [-0.4, -0.2) is 56.4 Å². The highest BCUT2D eigenvalue weighted by Crippen LogP contribution is 2.24. The van der Waals surface area contributed by atoms with Crippen LogP contribution in [0.5, 0.6) is 0 Å². The molecule has 1 aromatic heterocycles. The zero-order valence-corrected chi connectivity index (χ0v) is 13.7. The number of rotatable bonds is 5. The van der Waals surface area contributed by atoms with Gasteiger partial charge in [-0.1, -0.05) is 0 Å². The number of carbonyl (C=O) groups excluding carboxylic acids is 1. The van der Waals surface area contributed by atoms with Crippen LogP contribution in [-0.2, 0) is 19.0 Å². The number of amides is 1. The van der Waals surface area contributed by atoms with Crippen molar-refractivity contribution in [3.63, 3.8) is 0 Å². The quantitative estimate of drug-likeness (QED) is 0.830. The zero-order valence-electron chi connectivity index (χ0n) is 13.7. The lowest BCUT2D eigenvalue weighted by molar-refractivity contribution is -0.141. The number of ether oxygens (including phenoxy) is 3. The number of aryl methyl sites for hydroxylation is 1. The fraction of sp³-hybridized carbons (Fsp3) is 0.706. The molecule has 2 saturated heterocycles. The van der Waals surface area contributed by atoms with Gasteiger partial charge in [0.15, 0.2) is 0 Å². The van der Waals surface area contributed by atoms with Crippen molar-refractivity contribution in [2.45, 2.75) is 38.4 Å². The van der Waals surface area contributed by atoms with Gasteiger partial charge in [0.05, 0.1) is 32.3 Å². The normalized spacial score (nSPS) is 23.2. The van der Waals surface area contributed by atoms with E-state index in [2.05, 4.69) is 0 Å². The summed E-state index contributed by atoms with van der Waals surface area (Å²) in [6.07, 6.45) is 2.33. The molecule has 0 radical (unpaired) electrons. The lowest BCUT2D eigenvalue weighted by Gasteiger charge is -2.32. The van der Waals surface area contributed by atoms with Crippen LogP contribution < -0.4 is 0 Å². The van der Waals surface area contributed by atoms with Gasteiger partial charge in [-0.2, -0.15) is 0 Å². The number of furan rings is 1. The van der Waals surface area contributed by atoms with Crippen LogP contribution in [0.25, 0.3) is 0 Å². The van der Waals surface area contributed by atoms with Crippen LogP contribution in [0.15, 0.2) is 16.5 Å². The van der Waals surface area contributed by atoms with Gasteiger partial charge in [0.1, 0.15) is 17.6 Å². The summed E-state index contributed by atoms with van der Waals surface area (Å²) < 4.78 is 22.4. The first-order chi connectivity index (χ1) is 11.2. The van der Waals surface area contributed by atoms with Crippen molar-refractivity contribution in [1.29, 1.82) is 0 Å². The predicted molar refractivity (Wildman–Crippen MR) is 83.1 cm³/mol. The highest BCUT2D eigenvalue weighted by atomic mass is 16.5. The summed E-state index contributed by atoms with van der Waals surface area (Å²) in [5.74, 6) is 1.77. The molecule has 2 aliphatic rings. The van der Waals surface area contributed by atoms with Crippen LogP contribution in [0.2, 0.25) is 0 Å². The molecule has 0 saturated carbocycles. The van der Waals surface area contributed by atoms with Crippen LogP contribution in [0, 0.1) is 6.92 Å². The largest absolute Gasteiger partial charge is 0.464 e. The van der Waals surface area contributed by atoms with E-state index in [1.54, 1.807) is 0 Å². The Hall–Kier alpha value is -1.37. The van der Waals surface area contributed by atoms with Crippen LogP contribution in [0.4, 0.5) is 0 Å². The highest BCUT2D eigenvalue weighted by Gasteiger charge is 2.27. The van der Waals surface area contributed by atoms with E-state index >= 15 is 0 Å². The zero-order chi connectivity index (χ0) is 16.1. The minimum absolute atomic E-state index is 0.119. The fourth-order valence-electron chi connectivity index (χ4n) is 2.99. The van der Waals surface area contributed by atoms with Gasteiger partial charge in [-0.15, -0.1) is 0 Å². The van der Waals surface area contributed by atoms with E-state index in [-0.39, 0.29) is 18.1 Å². The summed E-state index contributed by atoms with van der Waals surface area (Å²) >= 11 is 0. The summed E-state index contributed by atoms with van der Waals surface area (Å²) in [5.41, 5.74) is 0. The van der Waals surface area contributed by atoms with E-state index in [4.69, 9.17) is 18.6 Å². The first-order valence-corrected chi connectivity index (χ1v) is 8.37. The molecule has 23 heavy (non-hydrogen) atoms. The third-order valence-electron chi connectivity index (χ3n) is 4.34. The number of carbonyl (C=O) groups is 1. The average Bonchev–Trinajstić information content (AvgIpc) is 3.02. The third kappa shape index (κ3) is 4.56. The van der Waals surface area contributed by atoms with Crippen molar-refractivity contribution in [2.24, 2.45) is 0 Å². The van der Waals surface area contributed by atoms with Gasteiger partial charge in [-0.05, 0) is 31.9 Å². The smallest absolute Gasteiger partial charge is 0.225 e. The molecule has 128 valence electrons.